The first-order valence-corrected chi connectivity index (χ1v) is 11.5. The first-order chi connectivity index (χ1) is 16.4. The fourth-order valence-electron chi connectivity index (χ4n) is 4.97. The lowest BCUT2D eigenvalue weighted by molar-refractivity contribution is 0.0684. The predicted octanol–water partition coefficient (Wildman–Crippen LogP) is 4.29. The zero-order chi connectivity index (χ0) is 23.8. The van der Waals surface area contributed by atoms with E-state index in [9.17, 15) is 9.18 Å². The molecule has 0 spiro atoms. The number of carbonyl (C=O) groups excluding carboxylic acids is 1. The molecule has 0 radical (unpaired) electrons. The number of nitrogens with zero attached hydrogens (tertiary/aromatic N) is 5. The van der Waals surface area contributed by atoms with Crippen molar-refractivity contribution in [1.82, 2.24) is 24.2 Å². The monoisotopic (exact) mass is 461 g/mol. The van der Waals surface area contributed by atoms with Gasteiger partial charge in [-0.15, -0.1) is 0 Å². The van der Waals surface area contributed by atoms with Crippen LogP contribution in [0.3, 0.4) is 0 Å². The van der Waals surface area contributed by atoms with Crippen LogP contribution in [-0.2, 0) is 13.5 Å². The van der Waals surface area contributed by atoms with Crippen LogP contribution in [0, 0.1) is 12.7 Å². The van der Waals surface area contributed by atoms with Crippen molar-refractivity contribution in [3.63, 3.8) is 0 Å². The van der Waals surface area contributed by atoms with Crippen molar-refractivity contribution >= 4 is 16.9 Å². The Labute approximate surface area is 197 Å². The number of fused-ring (bicyclic) bond motifs is 1. The minimum Gasteiger partial charge on any atom is -0.496 e. The minimum absolute atomic E-state index is 0.00774. The molecule has 0 N–H and O–H groups in total. The summed E-state index contributed by atoms with van der Waals surface area (Å²) < 4.78 is 23.4. The minimum atomic E-state index is -0.298. The number of aryl methyl sites for hydroxylation is 2. The van der Waals surface area contributed by atoms with Crippen LogP contribution in [0.4, 0.5) is 4.39 Å². The van der Waals surface area contributed by atoms with Crippen LogP contribution in [0.1, 0.15) is 46.5 Å². The Morgan fingerprint density at radius 1 is 1.15 bits per heavy atom. The molecule has 2 aromatic heterocycles. The van der Waals surface area contributed by atoms with E-state index in [2.05, 4.69) is 9.67 Å². The molecule has 2 aromatic carbocycles. The number of likely N-dealkylation sites (tertiary alicyclic amines) is 1. The van der Waals surface area contributed by atoms with E-state index < -0.39 is 0 Å². The molecule has 1 aliphatic rings. The highest BCUT2D eigenvalue weighted by Gasteiger charge is 2.29. The van der Waals surface area contributed by atoms with E-state index >= 15 is 0 Å². The number of ether oxygens (including phenoxy) is 1. The molecule has 176 valence electrons. The van der Waals surface area contributed by atoms with E-state index in [0.717, 1.165) is 41.2 Å². The lowest BCUT2D eigenvalue weighted by Crippen LogP contribution is -2.40. The van der Waals surface area contributed by atoms with Crippen molar-refractivity contribution in [3.8, 4) is 5.75 Å². The summed E-state index contributed by atoms with van der Waals surface area (Å²) in [5.41, 5.74) is 4.03. The van der Waals surface area contributed by atoms with E-state index in [0.29, 0.717) is 30.7 Å². The molecule has 0 aliphatic carbocycles. The Hall–Kier alpha value is -3.68. The Balaban J connectivity index is 1.43. The van der Waals surface area contributed by atoms with Gasteiger partial charge in [0.15, 0.2) is 0 Å². The summed E-state index contributed by atoms with van der Waals surface area (Å²) in [6.07, 6.45) is 2.17. The lowest BCUT2D eigenvalue weighted by atomic mass is 10.0. The first kappa shape index (κ1) is 22.1. The Bertz CT molecular complexity index is 1350. The third-order valence-corrected chi connectivity index (χ3v) is 6.60. The molecule has 0 bridgehead atoms. The fourth-order valence-corrected chi connectivity index (χ4v) is 4.97. The molecule has 0 atom stereocenters. The number of halogens is 1. The molecule has 5 rings (SSSR count). The highest BCUT2D eigenvalue weighted by molar-refractivity contribution is 5.92. The van der Waals surface area contributed by atoms with Crippen LogP contribution in [0.25, 0.3) is 11.0 Å². The highest BCUT2D eigenvalue weighted by atomic mass is 19.1. The Morgan fingerprint density at radius 2 is 1.91 bits per heavy atom. The van der Waals surface area contributed by atoms with Crippen molar-refractivity contribution in [3.05, 3.63) is 77.1 Å². The number of aromatic nitrogens is 4. The number of benzene rings is 2. The average molecular weight is 462 g/mol. The van der Waals surface area contributed by atoms with Gasteiger partial charge in [-0.25, -0.2) is 9.37 Å². The Morgan fingerprint density at radius 3 is 2.62 bits per heavy atom. The summed E-state index contributed by atoms with van der Waals surface area (Å²) in [7, 11) is 3.46. The summed E-state index contributed by atoms with van der Waals surface area (Å²) in [5, 5.41) is 4.31. The standard InChI is InChI=1S/C26H28FN5O2/c1-17-14-23(30(2)29-17)26(33)31-12-10-20(11-13-31)32-22-9-8-19(27)16-21(22)28-25(32)15-18-6-4-5-7-24(18)34-3/h4-9,14,16,20H,10-13,15H2,1-3H3. The maximum Gasteiger partial charge on any atom is 0.272 e. The van der Waals surface area contributed by atoms with Crippen LogP contribution < -0.4 is 4.74 Å². The summed E-state index contributed by atoms with van der Waals surface area (Å²) in [6, 6.07) is 14.7. The van der Waals surface area contributed by atoms with Crippen molar-refractivity contribution in [2.45, 2.75) is 32.2 Å². The van der Waals surface area contributed by atoms with Crippen LogP contribution >= 0.6 is 0 Å². The number of hydrogen-bond donors (Lipinski definition) is 0. The second kappa shape index (κ2) is 8.93. The van der Waals surface area contributed by atoms with Crippen molar-refractivity contribution in [2.24, 2.45) is 7.05 Å². The molecule has 34 heavy (non-hydrogen) atoms. The van der Waals surface area contributed by atoms with Gasteiger partial charge in [0.2, 0.25) is 0 Å². The lowest BCUT2D eigenvalue weighted by Gasteiger charge is -2.33. The van der Waals surface area contributed by atoms with E-state index in [1.54, 1.807) is 24.9 Å². The molecular formula is C26H28FN5O2. The second-order valence-corrected chi connectivity index (χ2v) is 8.84. The number of rotatable bonds is 5. The summed E-state index contributed by atoms with van der Waals surface area (Å²) in [6.45, 7) is 3.17. The largest absolute Gasteiger partial charge is 0.496 e. The van der Waals surface area contributed by atoms with Gasteiger partial charge in [-0.05, 0) is 44.0 Å². The summed E-state index contributed by atoms with van der Waals surface area (Å²) in [5.74, 6) is 1.39. The molecule has 1 amide bonds. The zero-order valence-corrected chi connectivity index (χ0v) is 19.7. The van der Waals surface area contributed by atoms with Gasteiger partial charge < -0.3 is 14.2 Å². The van der Waals surface area contributed by atoms with Crippen LogP contribution in [0.5, 0.6) is 5.75 Å². The van der Waals surface area contributed by atoms with Gasteiger partial charge in [0.05, 0.1) is 23.8 Å². The first-order valence-electron chi connectivity index (χ1n) is 11.5. The van der Waals surface area contributed by atoms with Gasteiger partial charge in [-0.3, -0.25) is 9.48 Å². The van der Waals surface area contributed by atoms with Gasteiger partial charge >= 0.3 is 0 Å². The number of hydrogen-bond acceptors (Lipinski definition) is 4. The number of carbonyl (C=O) groups is 1. The summed E-state index contributed by atoms with van der Waals surface area (Å²) >= 11 is 0. The maximum absolute atomic E-state index is 14.0. The van der Waals surface area contributed by atoms with E-state index in [-0.39, 0.29) is 17.8 Å². The molecule has 3 heterocycles. The topological polar surface area (TPSA) is 65.2 Å². The normalized spacial score (nSPS) is 14.6. The molecule has 7 nitrogen and oxygen atoms in total. The van der Waals surface area contributed by atoms with Crippen LogP contribution in [0.15, 0.2) is 48.5 Å². The van der Waals surface area contributed by atoms with Gasteiger partial charge in [-0.1, -0.05) is 18.2 Å². The van der Waals surface area contributed by atoms with Crippen molar-refractivity contribution < 1.29 is 13.9 Å². The molecule has 4 aromatic rings. The molecule has 8 heteroatoms. The average Bonchev–Trinajstić information content (AvgIpc) is 3.36. The molecule has 0 saturated carbocycles. The second-order valence-electron chi connectivity index (χ2n) is 8.84. The van der Waals surface area contributed by atoms with Gasteiger partial charge in [-0.2, -0.15) is 5.10 Å². The van der Waals surface area contributed by atoms with Gasteiger partial charge in [0.25, 0.3) is 5.91 Å². The number of methoxy groups -OCH3 is 1. The smallest absolute Gasteiger partial charge is 0.272 e. The van der Waals surface area contributed by atoms with Crippen molar-refractivity contribution in [1.29, 1.82) is 0 Å². The van der Waals surface area contributed by atoms with Crippen LogP contribution in [-0.4, -0.2) is 50.3 Å². The Kier molecular flexibility index (Phi) is 5.81. The molecule has 1 saturated heterocycles. The molecule has 1 aliphatic heterocycles. The van der Waals surface area contributed by atoms with E-state index in [1.165, 1.54) is 12.1 Å². The predicted molar refractivity (Wildman–Crippen MR) is 128 cm³/mol. The van der Waals surface area contributed by atoms with Crippen molar-refractivity contribution in [2.75, 3.05) is 20.2 Å². The summed E-state index contributed by atoms with van der Waals surface area (Å²) in [4.78, 5) is 19.8. The van der Waals surface area contributed by atoms with Crippen LogP contribution in [0.2, 0.25) is 0 Å². The van der Waals surface area contributed by atoms with Gasteiger partial charge in [0.1, 0.15) is 23.1 Å². The molecule has 0 unspecified atom stereocenters. The van der Waals surface area contributed by atoms with E-state index in [4.69, 9.17) is 9.72 Å². The SMILES string of the molecule is COc1ccccc1Cc1nc2cc(F)ccc2n1C1CCN(C(=O)c2cc(C)nn2C)CC1. The van der Waals surface area contributed by atoms with Gasteiger partial charge in [0, 0.05) is 44.2 Å². The quantitative estimate of drug-likeness (QED) is 0.445. The van der Waals surface area contributed by atoms with E-state index in [1.807, 2.05) is 42.2 Å². The zero-order valence-electron chi connectivity index (χ0n) is 19.7. The third-order valence-electron chi connectivity index (χ3n) is 6.60. The maximum atomic E-state index is 14.0. The molecular weight excluding hydrogens is 433 g/mol. The number of piperidine rings is 1. The molecule has 1 fully saturated rings. The number of imidazole rings is 1. The number of para-hydroxylation sites is 1. The number of amides is 1. The highest BCUT2D eigenvalue weighted by Crippen LogP contribution is 2.32. The fraction of sp³-hybridized carbons (Fsp3) is 0.346. The third kappa shape index (κ3) is 4.04.